The van der Waals surface area contributed by atoms with E-state index in [-0.39, 0.29) is 29.7 Å². The Hall–Kier alpha value is -1.10. The summed E-state index contributed by atoms with van der Waals surface area (Å²) in [6.45, 7) is 6.96. The van der Waals surface area contributed by atoms with E-state index in [9.17, 15) is 9.59 Å². The zero-order valence-electron chi connectivity index (χ0n) is 13.4. The number of hydrogen-bond acceptors (Lipinski definition) is 3. The van der Waals surface area contributed by atoms with E-state index in [4.69, 9.17) is 5.73 Å². The molecule has 2 amide bonds. The van der Waals surface area contributed by atoms with Crippen LogP contribution in [0.4, 0.5) is 0 Å². The van der Waals surface area contributed by atoms with E-state index in [1.165, 1.54) is 0 Å². The van der Waals surface area contributed by atoms with E-state index in [0.717, 1.165) is 51.7 Å². The largest absolute Gasteiger partial charge is 0.342 e. The van der Waals surface area contributed by atoms with Gasteiger partial charge >= 0.3 is 0 Å². The first kappa shape index (κ1) is 16.3. The van der Waals surface area contributed by atoms with Crippen LogP contribution >= 0.6 is 0 Å². The number of carbonyl (C=O) groups is 2. The van der Waals surface area contributed by atoms with Gasteiger partial charge in [0.1, 0.15) is 0 Å². The lowest BCUT2D eigenvalue weighted by Crippen LogP contribution is -2.50. The summed E-state index contributed by atoms with van der Waals surface area (Å²) < 4.78 is 0. The van der Waals surface area contributed by atoms with Gasteiger partial charge in [-0.05, 0) is 32.1 Å². The Morgan fingerprint density at radius 3 is 2.43 bits per heavy atom. The standard InChI is InChI=1S/C16H29N3O2/c1-3-12(2)15(20)19-8-4-5-13(11-19)16(21)18-9-6-14(17)7-10-18/h12-14H,3-11,17H2,1-2H3. The van der Waals surface area contributed by atoms with Crippen LogP contribution in [0.2, 0.25) is 0 Å². The second kappa shape index (κ2) is 7.25. The molecule has 120 valence electrons. The summed E-state index contributed by atoms with van der Waals surface area (Å²) in [4.78, 5) is 28.8. The van der Waals surface area contributed by atoms with Gasteiger partial charge in [0.25, 0.3) is 0 Å². The van der Waals surface area contributed by atoms with Gasteiger partial charge in [-0.15, -0.1) is 0 Å². The van der Waals surface area contributed by atoms with Crippen LogP contribution in [-0.4, -0.2) is 53.8 Å². The molecule has 2 N–H and O–H groups in total. The number of hydrogen-bond donors (Lipinski definition) is 1. The Morgan fingerprint density at radius 1 is 1.14 bits per heavy atom. The van der Waals surface area contributed by atoms with E-state index >= 15 is 0 Å². The van der Waals surface area contributed by atoms with Crippen LogP contribution in [0.25, 0.3) is 0 Å². The number of amides is 2. The highest BCUT2D eigenvalue weighted by atomic mass is 16.2. The third-order valence-corrected chi connectivity index (χ3v) is 4.97. The summed E-state index contributed by atoms with van der Waals surface area (Å²) >= 11 is 0. The monoisotopic (exact) mass is 295 g/mol. The zero-order chi connectivity index (χ0) is 15.4. The Morgan fingerprint density at radius 2 is 1.81 bits per heavy atom. The highest BCUT2D eigenvalue weighted by Crippen LogP contribution is 2.22. The molecule has 0 aromatic carbocycles. The van der Waals surface area contributed by atoms with E-state index in [0.29, 0.717) is 6.54 Å². The Balaban J connectivity index is 1.91. The molecule has 2 saturated heterocycles. The normalized spacial score (nSPS) is 25.8. The van der Waals surface area contributed by atoms with E-state index < -0.39 is 0 Å². The van der Waals surface area contributed by atoms with Crippen LogP contribution in [0.5, 0.6) is 0 Å². The van der Waals surface area contributed by atoms with E-state index in [1.807, 2.05) is 23.6 Å². The zero-order valence-corrected chi connectivity index (χ0v) is 13.4. The van der Waals surface area contributed by atoms with Gasteiger partial charge in [0.15, 0.2) is 0 Å². The molecule has 5 heteroatoms. The van der Waals surface area contributed by atoms with Gasteiger partial charge in [-0.25, -0.2) is 0 Å². The van der Waals surface area contributed by atoms with Gasteiger partial charge in [0.05, 0.1) is 5.92 Å². The molecule has 5 nitrogen and oxygen atoms in total. The van der Waals surface area contributed by atoms with Crippen molar-refractivity contribution in [1.29, 1.82) is 0 Å². The quantitative estimate of drug-likeness (QED) is 0.851. The van der Waals surface area contributed by atoms with Gasteiger partial charge in [-0.2, -0.15) is 0 Å². The average molecular weight is 295 g/mol. The van der Waals surface area contributed by atoms with Gasteiger partial charge in [-0.1, -0.05) is 13.8 Å². The first-order valence-corrected chi connectivity index (χ1v) is 8.36. The third kappa shape index (κ3) is 3.96. The maximum Gasteiger partial charge on any atom is 0.227 e. The molecule has 0 spiro atoms. The summed E-state index contributed by atoms with van der Waals surface area (Å²) in [5.74, 6) is 0.479. The maximum absolute atomic E-state index is 12.6. The summed E-state index contributed by atoms with van der Waals surface area (Å²) in [6, 6.07) is 0.240. The molecule has 2 aliphatic heterocycles. The van der Waals surface area contributed by atoms with Gasteiger partial charge < -0.3 is 15.5 Å². The van der Waals surface area contributed by atoms with Crippen molar-refractivity contribution in [3.63, 3.8) is 0 Å². The second-order valence-electron chi connectivity index (χ2n) is 6.60. The lowest BCUT2D eigenvalue weighted by Gasteiger charge is -2.38. The molecular formula is C16H29N3O2. The molecule has 0 aliphatic carbocycles. The number of carbonyl (C=O) groups excluding carboxylic acids is 2. The van der Waals surface area contributed by atoms with Crippen LogP contribution in [0.1, 0.15) is 46.0 Å². The Kier molecular flexibility index (Phi) is 5.62. The molecule has 2 rings (SSSR count). The summed E-state index contributed by atoms with van der Waals surface area (Å²) in [6.07, 6.45) is 4.50. The van der Waals surface area contributed by atoms with Gasteiger partial charge in [0.2, 0.25) is 11.8 Å². The maximum atomic E-state index is 12.6. The molecule has 2 aliphatic rings. The predicted molar refractivity (Wildman–Crippen MR) is 82.5 cm³/mol. The van der Waals surface area contributed by atoms with Crippen molar-refractivity contribution in [1.82, 2.24) is 9.80 Å². The topological polar surface area (TPSA) is 66.6 Å². The molecular weight excluding hydrogens is 266 g/mol. The molecule has 0 radical (unpaired) electrons. The van der Waals surface area contributed by atoms with Crippen molar-refractivity contribution in [2.75, 3.05) is 26.2 Å². The van der Waals surface area contributed by atoms with Crippen LogP contribution in [0, 0.1) is 11.8 Å². The van der Waals surface area contributed by atoms with Crippen molar-refractivity contribution < 1.29 is 9.59 Å². The van der Waals surface area contributed by atoms with Crippen LogP contribution in [0.15, 0.2) is 0 Å². The smallest absolute Gasteiger partial charge is 0.227 e. The van der Waals surface area contributed by atoms with E-state index in [1.54, 1.807) is 0 Å². The van der Waals surface area contributed by atoms with Crippen molar-refractivity contribution >= 4 is 11.8 Å². The highest BCUT2D eigenvalue weighted by molar-refractivity contribution is 5.82. The molecule has 0 saturated carbocycles. The fourth-order valence-electron chi connectivity index (χ4n) is 3.24. The van der Waals surface area contributed by atoms with Gasteiger partial charge in [-0.3, -0.25) is 9.59 Å². The third-order valence-electron chi connectivity index (χ3n) is 4.97. The van der Waals surface area contributed by atoms with Crippen LogP contribution in [0.3, 0.4) is 0 Å². The van der Waals surface area contributed by atoms with Crippen molar-refractivity contribution in [2.24, 2.45) is 17.6 Å². The molecule has 0 bridgehead atoms. The number of rotatable bonds is 3. The molecule has 2 heterocycles. The van der Waals surface area contributed by atoms with Crippen molar-refractivity contribution in [2.45, 2.75) is 52.0 Å². The summed E-state index contributed by atoms with van der Waals surface area (Å²) in [5, 5.41) is 0. The molecule has 2 unspecified atom stereocenters. The highest BCUT2D eigenvalue weighted by Gasteiger charge is 2.33. The van der Waals surface area contributed by atoms with Crippen molar-refractivity contribution in [3.05, 3.63) is 0 Å². The number of likely N-dealkylation sites (tertiary alicyclic amines) is 2. The molecule has 2 atom stereocenters. The van der Waals surface area contributed by atoms with Crippen LogP contribution < -0.4 is 5.73 Å². The SMILES string of the molecule is CCC(C)C(=O)N1CCCC(C(=O)N2CCC(N)CC2)C1. The van der Waals surface area contributed by atoms with Gasteiger partial charge in [0, 0.05) is 38.1 Å². The first-order valence-electron chi connectivity index (χ1n) is 8.36. The van der Waals surface area contributed by atoms with Crippen molar-refractivity contribution in [3.8, 4) is 0 Å². The predicted octanol–water partition coefficient (Wildman–Crippen LogP) is 1.22. The first-order chi connectivity index (χ1) is 10.0. The number of nitrogens with two attached hydrogens (primary N) is 1. The summed E-state index contributed by atoms with van der Waals surface area (Å²) in [5.41, 5.74) is 5.90. The fraction of sp³-hybridized carbons (Fsp3) is 0.875. The summed E-state index contributed by atoms with van der Waals surface area (Å²) in [7, 11) is 0. The second-order valence-corrected chi connectivity index (χ2v) is 6.60. The average Bonchev–Trinajstić information content (AvgIpc) is 2.53. The minimum atomic E-state index is -0.0129. The lowest BCUT2D eigenvalue weighted by atomic mass is 9.94. The lowest BCUT2D eigenvalue weighted by molar-refractivity contribution is -0.143. The molecule has 21 heavy (non-hydrogen) atoms. The van der Waals surface area contributed by atoms with Crippen LogP contribution in [-0.2, 0) is 9.59 Å². The number of piperidine rings is 2. The minimum Gasteiger partial charge on any atom is -0.342 e. The minimum absolute atomic E-state index is 0.0129. The molecule has 0 aromatic rings. The number of nitrogens with zero attached hydrogens (tertiary/aromatic N) is 2. The molecule has 0 aromatic heterocycles. The van der Waals surface area contributed by atoms with E-state index in [2.05, 4.69) is 0 Å². The fourth-order valence-corrected chi connectivity index (χ4v) is 3.24. The Bertz CT molecular complexity index is 378. The Labute approximate surface area is 127 Å². The molecule has 2 fully saturated rings.